The second-order valence-corrected chi connectivity index (χ2v) is 6.71. The van der Waals surface area contributed by atoms with Crippen LogP contribution in [0.25, 0.3) is 0 Å². The van der Waals surface area contributed by atoms with E-state index in [1.807, 2.05) is 19.2 Å². The molecule has 3 amide bonds. The van der Waals surface area contributed by atoms with Gasteiger partial charge in [-0.1, -0.05) is 55.5 Å². The third-order valence-electron chi connectivity index (χ3n) is 3.42. The molecule has 0 aliphatic rings. The van der Waals surface area contributed by atoms with E-state index in [-0.39, 0.29) is 5.91 Å². The summed E-state index contributed by atoms with van der Waals surface area (Å²) in [5.74, 6) is -0.375. The van der Waals surface area contributed by atoms with E-state index in [4.69, 9.17) is 17.2 Å². The number of alkyl halides is 1. The lowest BCUT2D eigenvalue weighted by Crippen LogP contribution is -2.46. The maximum Gasteiger partial charge on any atom is 0.318 e. The van der Waals surface area contributed by atoms with Crippen LogP contribution >= 0.6 is 15.9 Å². The Bertz CT molecular complexity index is 289. The molecule has 0 aliphatic heterocycles. The van der Waals surface area contributed by atoms with E-state index in [9.17, 15) is 9.59 Å². The van der Waals surface area contributed by atoms with Crippen LogP contribution in [0.4, 0.5) is 4.79 Å². The highest BCUT2D eigenvalue weighted by atomic mass is 79.9. The molecule has 0 aromatic rings. The zero-order valence-electron chi connectivity index (χ0n) is 14.0. The molecule has 0 saturated carbocycles. The molecule has 22 heavy (non-hydrogen) atoms. The molecule has 132 valence electrons. The average molecular weight is 381 g/mol. The van der Waals surface area contributed by atoms with E-state index in [2.05, 4.69) is 15.9 Å². The lowest BCUT2D eigenvalue weighted by atomic mass is 10.0. The molecular weight excluding hydrogens is 348 g/mol. The molecule has 7 N–H and O–H groups in total. The first-order chi connectivity index (χ1) is 10.4. The molecule has 0 radical (unpaired) electrons. The normalized spacial score (nSPS) is 10.6. The second-order valence-electron chi connectivity index (χ2n) is 5.19. The van der Waals surface area contributed by atoms with Gasteiger partial charge in [0.05, 0.1) is 0 Å². The van der Waals surface area contributed by atoms with Gasteiger partial charge in [-0.05, 0) is 38.8 Å². The highest BCUT2D eigenvalue weighted by molar-refractivity contribution is 9.10. The summed E-state index contributed by atoms with van der Waals surface area (Å²) in [5, 5.41) is 2.04. The SMILES string of the molecule is CCC(Br)(CC)C(=O)NC(N)=O.NCCCCCCCCN. The number of imide groups is 1. The number of carbonyl (C=O) groups excluding carboxylic acids is 2. The Labute approximate surface area is 143 Å². The van der Waals surface area contributed by atoms with Crippen LogP contribution in [0.3, 0.4) is 0 Å². The van der Waals surface area contributed by atoms with Gasteiger partial charge >= 0.3 is 6.03 Å². The minimum absolute atomic E-state index is 0.375. The van der Waals surface area contributed by atoms with E-state index in [1.54, 1.807) is 0 Å². The summed E-state index contributed by atoms with van der Waals surface area (Å²) in [6.45, 7) is 5.41. The van der Waals surface area contributed by atoms with Crippen LogP contribution in [0.5, 0.6) is 0 Å². The molecule has 0 aromatic carbocycles. The lowest BCUT2D eigenvalue weighted by Gasteiger charge is -2.21. The van der Waals surface area contributed by atoms with Crippen molar-refractivity contribution in [3.05, 3.63) is 0 Å². The number of nitrogens with one attached hydrogen (secondary N) is 1. The smallest absolute Gasteiger partial charge is 0.318 e. The molecule has 0 fully saturated rings. The van der Waals surface area contributed by atoms with Crippen LogP contribution in [0.15, 0.2) is 0 Å². The fourth-order valence-electron chi connectivity index (χ4n) is 1.79. The third-order valence-corrected chi connectivity index (χ3v) is 4.90. The topological polar surface area (TPSA) is 124 Å². The zero-order valence-corrected chi connectivity index (χ0v) is 15.6. The predicted molar refractivity (Wildman–Crippen MR) is 95.8 cm³/mol. The Morgan fingerprint density at radius 2 is 1.27 bits per heavy atom. The van der Waals surface area contributed by atoms with Gasteiger partial charge < -0.3 is 17.2 Å². The highest BCUT2D eigenvalue weighted by Crippen LogP contribution is 2.26. The number of carbonyl (C=O) groups is 2. The Balaban J connectivity index is 0. The number of amides is 3. The molecule has 7 heteroatoms. The molecule has 0 aliphatic carbocycles. The summed E-state index contributed by atoms with van der Waals surface area (Å²) in [7, 11) is 0. The second kappa shape index (κ2) is 15.2. The van der Waals surface area contributed by atoms with Crippen molar-refractivity contribution < 1.29 is 9.59 Å². The summed E-state index contributed by atoms with van der Waals surface area (Å²) in [6.07, 6.45) is 8.84. The molecule has 0 unspecified atom stereocenters. The van der Waals surface area contributed by atoms with Crippen molar-refractivity contribution in [3.8, 4) is 0 Å². The number of rotatable bonds is 10. The van der Waals surface area contributed by atoms with Crippen molar-refractivity contribution >= 4 is 27.9 Å². The number of halogens is 1. The van der Waals surface area contributed by atoms with Crippen molar-refractivity contribution in [2.45, 2.75) is 69.5 Å². The maximum absolute atomic E-state index is 11.3. The molecule has 0 rings (SSSR count). The molecule has 0 atom stereocenters. The first kappa shape index (κ1) is 23.6. The molecule has 0 aromatic heterocycles. The van der Waals surface area contributed by atoms with E-state index in [0.717, 1.165) is 13.1 Å². The number of urea groups is 1. The van der Waals surface area contributed by atoms with Gasteiger partial charge in [0.1, 0.15) is 4.32 Å². The number of unbranched alkanes of at least 4 members (excludes halogenated alkanes) is 5. The summed E-state index contributed by atoms with van der Waals surface area (Å²) in [5.41, 5.74) is 15.5. The van der Waals surface area contributed by atoms with E-state index < -0.39 is 10.4 Å². The van der Waals surface area contributed by atoms with E-state index in [1.165, 1.54) is 38.5 Å². The van der Waals surface area contributed by atoms with Crippen LogP contribution in [0, 0.1) is 0 Å². The van der Waals surface area contributed by atoms with Gasteiger partial charge in [0, 0.05) is 0 Å². The first-order valence-corrected chi connectivity index (χ1v) is 8.87. The molecule has 0 heterocycles. The summed E-state index contributed by atoms with van der Waals surface area (Å²) in [6, 6.07) is -0.814. The quantitative estimate of drug-likeness (QED) is 0.342. The molecular formula is C15H33BrN4O2. The summed E-state index contributed by atoms with van der Waals surface area (Å²) < 4.78 is -0.665. The zero-order chi connectivity index (χ0) is 17.4. The van der Waals surface area contributed by atoms with Crippen LogP contribution in [-0.4, -0.2) is 29.4 Å². The third kappa shape index (κ3) is 13.0. The van der Waals surface area contributed by atoms with Gasteiger partial charge in [-0.25, -0.2) is 4.79 Å². The van der Waals surface area contributed by atoms with Crippen LogP contribution < -0.4 is 22.5 Å². The molecule has 0 spiro atoms. The lowest BCUT2D eigenvalue weighted by molar-refractivity contribution is -0.122. The van der Waals surface area contributed by atoms with E-state index >= 15 is 0 Å². The number of primary amides is 1. The maximum atomic E-state index is 11.3. The monoisotopic (exact) mass is 380 g/mol. The van der Waals surface area contributed by atoms with Crippen molar-refractivity contribution in [1.82, 2.24) is 5.32 Å². The van der Waals surface area contributed by atoms with Crippen LogP contribution in [0.1, 0.15) is 65.2 Å². The first-order valence-electron chi connectivity index (χ1n) is 8.07. The molecule has 0 saturated heterocycles. The molecule has 0 bridgehead atoms. The number of hydrogen-bond acceptors (Lipinski definition) is 4. The Morgan fingerprint density at radius 3 is 1.55 bits per heavy atom. The minimum Gasteiger partial charge on any atom is -0.351 e. The summed E-state index contributed by atoms with van der Waals surface area (Å²) >= 11 is 3.26. The Morgan fingerprint density at radius 1 is 0.909 bits per heavy atom. The highest BCUT2D eigenvalue weighted by Gasteiger charge is 2.32. The van der Waals surface area contributed by atoms with Gasteiger partial charge in [0.25, 0.3) is 0 Å². The van der Waals surface area contributed by atoms with Gasteiger partial charge in [-0.15, -0.1) is 0 Å². The fourth-order valence-corrected chi connectivity index (χ4v) is 1.89. The van der Waals surface area contributed by atoms with Crippen molar-refractivity contribution in [3.63, 3.8) is 0 Å². The van der Waals surface area contributed by atoms with Gasteiger partial charge in [0.2, 0.25) is 5.91 Å². The van der Waals surface area contributed by atoms with Crippen LogP contribution in [-0.2, 0) is 4.79 Å². The van der Waals surface area contributed by atoms with Gasteiger partial charge in [-0.3, -0.25) is 10.1 Å². The Kier molecular flexibility index (Phi) is 16.4. The summed E-state index contributed by atoms with van der Waals surface area (Å²) in [4.78, 5) is 21.6. The average Bonchev–Trinajstić information content (AvgIpc) is 2.50. The largest absolute Gasteiger partial charge is 0.351 e. The van der Waals surface area contributed by atoms with E-state index in [0.29, 0.717) is 12.8 Å². The van der Waals surface area contributed by atoms with Gasteiger partial charge in [-0.2, -0.15) is 0 Å². The Hall–Kier alpha value is -0.660. The fraction of sp³-hybridized carbons (Fsp3) is 0.867. The minimum atomic E-state index is -0.814. The van der Waals surface area contributed by atoms with Crippen molar-refractivity contribution in [2.24, 2.45) is 17.2 Å². The standard InChI is InChI=1S/C8H20N2.C7H13BrN2O2/c9-7-5-3-1-2-4-6-8-10;1-3-7(8,4-2)5(11)10-6(9)12/h1-10H2;3-4H2,1-2H3,(H3,9,10,11,12). The molecule has 6 nitrogen and oxygen atoms in total. The van der Waals surface area contributed by atoms with Gasteiger partial charge in [0.15, 0.2) is 0 Å². The van der Waals surface area contributed by atoms with Crippen molar-refractivity contribution in [2.75, 3.05) is 13.1 Å². The number of hydrogen-bond donors (Lipinski definition) is 4. The predicted octanol–water partition coefficient (Wildman–Crippen LogP) is 2.38. The van der Waals surface area contributed by atoms with Crippen molar-refractivity contribution in [1.29, 1.82) is 0 Å². The van der Waals surface area contributed by atoms with Crippen LogP contribution in [0.2, 0.25) is 0 Å². The number of nitrogens with two attached hydrogens (primary N) is 3.